The summed E-state index contributed by atoms with van der Waals surface area (Å²) >= 11 is 0. The van der Waals surface area contributed by atoms with Crippen LogP contribution in [0.25, 0.3) is 28.0 Å². The highest BCUT2D eigenvalue weighted by Gasteiger charge is 2.10. The van der Waals surface area contributed by atoms with Gasteiger partial charge in [0, 0.05) is 0 Å². The molecule has 4 rings (SSSR count). The minimum atomic E-state index is -0.995. The first kappa shape index (κ1) is 19.4. The zero-order valence-corrected chi connectivity index (χ0v) is 16.0. The number of rotatable bonds is 5. The molecule has 0 bridgehead atoms. The monoisotopic (exact) mass is 398 g/mol. The molecular weight excluding hydrogens is 379 g/mol. The molecule has 30 heavy (non-hydrogen) atoms. The van der Waals surface area contributed by atoms with Crippen LogP contribution in [-0.2, 0) is 6.42 Å². The maximum Gasteiger partial charge on any atom is 0.336 e. The summed E-state index contributed by atoms with van der Waals surface area (Å²) in [7, 11) is 0. The van der Waals surface area contributed by atoms with Crippen LogP contribution in [0, 0.1) is 5.82 Å². The summed E-state index contributed by atoms with van der Waals surface area (Å²) in [5.41, 5.74) is 3.53. The molecule has 0 aliphatic carbocycles. The van der Waals surface area contributed by atoms with Gasteiger partial charge in [-0.2, -0.15) is 0 Å². The van der Waals surface area contributed by atoms with Gasteiger partial charge in [-0.1, -0.05) is 54.6 Å². The second-order valence-corrected chi connectivity index (χ2v) is 7.09. The van der Waals surface area contributed by atoms with Crippen LogP contribution < -0.4 is 0 Å². The minimum absolute atomic E-state index is 0.214. The third-order valence-corrected chi connectivity index (χ3v) is 5.00. The van der Waals surface area contributed by atoms with Crippen molar-refractivity contribution in [3.05, 3.63) is 107 Å². The zero-order chi connectivity index (χ0) is 21.1. The second kappa shape index (κ2) is 8.21. The Morgan fingerprint density at radius 3 is 2.30 bits per heavy atom. The van der Waals surface area contributed by atoms with Gasteiger partial charge in [-0.25, -0.2) is 9.18 Å². The van der Waals surface area contributed by atoms with E-state index in [-0.39, 0.29) is 17.1 Å². The maximum absolute atomic E-state index is 13.2. The topological polar surface area (TPSA) is 57.5 Å². The average Bonchev–Trinajstić information content (AvgIpc) is 2.74. The van der Waals surface area contributed by atoms with E-state index < -0.39 is 5.97 Å². The van der Waals surface area contributed by atoms with Crippen molar-refractivity contribution >= 4 is 22.8 Å². The van der Waals surface area contributed by atoms with Crippen LogP contribution in [0.3, 0.4) is 0 Å². The third-order valence-electron chi connectivity index (χ3n) is 5.00. The van der Waals surface area contributed by atoms with Gasteiger partial charge in [-0.05, 0) is 75.8 Å². The normalized spacial score (nSPS) is 11.2. The van der Waals surface area contributed by atoms with E-state index in [1.807, 2.05) is 30.3 Å². The van der Waals surface area contributed by atoms with E-state index in [2.05, 4.69) is 0 Å². The predicted molar refractivity (Wildman–Crippen MR) is 117 cm³/mol. The molecule has 0 aliphatic heterocycles. The standard InChI is InChI=1S/C26H19FO3/c27-23-10-6-18(7-11-23)20-9-13-25(26(29)30)22(15-20)3-1-2-17-4-5-21-16-24(28)12-8-19(21)14-17/h1,3-16,28H,2H2,(H,29,30)/b3-1+. The van der Waals surface area contributed by atoms with Crippen LogP contribution in [0.15, 0.2) is 84.9 Å². The lowest BCUT2D eigenvalue weighted by atomic mass is 9.98. The smallest absolute Gasteiger partial charge is 0.336 e. The lowest BCUT2D eigenvalue weighted by molar-refractivity contribution is 0.0696. The van der Waals surface area contributed by atoms with Gasteiger partial charge in [0.05, 0.1) is 5.56 Å². The van der Waals surface area contributed by atoms with Crippen LogP contribution in [-0.4, -0.2) is 16.2 Å². The first-order chi connectivity index (χ1) is 14.5. The fraction of sp³-hybridized carbons (Fsp3) is 0.0385. The molecule has 0 aliphatic rings. The van der Waals surface area contributed by atoms with Gasteiger partial charge in [0.1, 0.15) is 11.6 Å². The van der Waals surface area contributed by atoms with Crippen molar-refractivity contribution in [1.82, 2.24) is 0 Å². The molecule has 148 valence electrons. The molecule has 0 unspecified atom stereocenters. The molecule has 4 heteroatoms. The highest BCUT2D eigenvalue weighted by molar-refractivity contribution is 5.93. The summed E-state index contributed by atoms with van der Waals surface area (Å²) < 4.78 is 13.2. The van der Waals surface area contributed by atoms with E-state index in [0.29, 0.717) is 12.0 Å². The number of hydrogen-bond donors (Lipinski definition) is 2. The molecule has 4 aromatic rings. The van der Waals surface area contributed by atoms with Crippen molar-refractivity contribution in [1.29, 1.82) is 0 Å². The highest BCUT2D eigenvalue weighted by atomic mass is 19.1. The predicted octanol–water partition coefficient (Wildman–Crippen LogP) is 6.31. The number of aromatic hydroxyl groups is 1. The quantitative estimate of drug-likeness (QED) is 0.414. The molecular formula is C26H19FO3. The number of fused-ring (bicyclic) bond motifs is 1. The largest absolute Gasteiger partial charge is 0.508 e. The van der Waals surface area contributed by atoms with Crippen molar-refractivity contribution in [2.75, 3.05) is 0 Å². The molecule has 0 radical (unpaired) electrons. The van der Waals surface area contributed by atoms with Crippen LogP contribution in [0.5, 0.6) is 5.75 Å². The Kier molecular flexibility index (Phi) is 5.31. The number of allylic oxidation sites excluding steroid dienone is 1. The Labute approximate surface area is 173 Å². The number of aromatic carboxylic acids is 1. The Morgan fingerprint density at radius 1 is 0.833 bits per heavy atom. The van der Waals surface area contributed by atoms with Crippen LogP contribution in [0.2, 0.25) is 0 Å². The second-order valence-electron chi connectivity index (χ2n) is 7.09. The van der Waals surface area contributed by atoms with E-state index in [4.69, 9.17) is 0 Å². The number of benzene rings is 4. The van der Waals surface area contributed by atoms with E-state index in [0.717, 1.165) is 27.5 Å². The SMILES string of the molecule is O=C(O)c1ccc(-c2ccc(F)cc2)cc1/C=C/Cc1ccc2cc(O)ccc2c1. The molecule has 3 nitrogen and oxygen atoms in total. The number of carboxylic acid groups (broad SMARTS) is 1. The lowest BCUT2D eigenvalue weighted by Crippen LogP contribution is -1.99. The van der Waals surface area contributed by atoms with E-state index >= 15 is 0 Å². The van der Waals surface area contributed by atoms with Crippen LogP contribution in [0.4, 0.5) is 4.39 Å². The number of phenolic OH excluding ortho intramolecular Hbond substituents is 1. The molecule has 0 fully saturated rings. The van der Waals surface area contributed by atoms with Crippen molar-refractivity contribution in [2.45, 2.75) is 6.42 Å². The molecule has 0 atom stereocenters. The van der Waals surface area contributed by atoms with Crippen molar-refractivity contribution in [3.63, 3.8) is 0 Å². The Morgan fingerprint density at radius 2 is 1.53 bits per heavy atom. The zero-order valence-electron chi connectivity index (χ0n) is 16.0. The molecule has 0 saturated heterocycles. The summed E-state index contributed by atoms with van der Waals surface area (Å²) in [6, 6.07) is 22.4. The van der Waals surface area contributed by atoms with Crippen molar-refractivity contribution in [2.24, 2.45) is 0 Å². The van der Waals surface area contributed by atoms with E-state index in [9.17, 15) is 19.4 Å². The molecule has 0 heterocycles. The highest BCUT2D eigenvalue weighted by Crippen LogP contribution is 2.25. The fourth-order valence-corrected chi connectivity index (χ4v) is 3.45. The first-order valence-electron chi connectivity index (χ1n) is 9.51. The van der Waals surface area contributed by atoms with Gasteiger partial charge in [0.15, 0.2) is 0 Å². The lowest BCUT2D eigenvalue weighted by Gasteiger charge is -2.07. The van der Waals surface area contributed by atoms with Crippen molar-refractivity contribution in [3.8, 4) is 16.9 Å². The maximum atomic E-state index is 13.2. The van der Waals surface area contributed by atoms with Gasteiger partial charge in [0.25, 0.3) is 0 Å². The summed E-state index contributed by atoms with van der Waals surface area (Å²) in [4.78, 5) is 11.6. The summed E-state index contributed by atoms with van der Waals surface area (Å²) in [5.74, 6) is -1.07. The van der Waals surface area contributed by atoms with Gasteiger partial charge in [0.2, 0.25) is 0 Å². The summed E-state index contributed by atoms with van der Waals surface area (Å²) in [6.45, 7) is 0. The van der Waals surface area contributed by atoms with Gasteiger partial charge in [-0.3, -0.25) is 0 Å². The molecule has 0 amide bonds. The van der Waals surface area contributed by atoms with Gasteiger partial charge >= 0.3 is 5.97 Å². The van der Waals surface area contributed by atoms with Crippen LogP contribution >= 0.6 is 0 Å². The molecule has 2 N–H and O–H groups in total. The first-order valence-corrected chi connectivity index (χ1v) is 9.51. The van der Waals surface area contributed by atoms with Gasteiger partial charge < -0.3 is 10.2 Å². The van der Waals surface area contributed by atoms with Crippen molar-refractivity contribution < 1.29 is 19.4 Å². The number of carbonyl (C=O) groups is 1. The molecule has 4 aromatic carbocycles. The molecule has 0 saturated carbocycles. The fourth-order valence-electron chi connectivity index (χ4n) is 3.45. The molecule has 0 spiro atoms. The number of carboxylic acids is 1. The average molecular weight is 398 g/mol. The van der Waals surface area contributed by atoms with Gasteiger partial charge in [-0.15, -0.1) is 0 Å². The Hall–Kier alpha value is -3.92. The van der Waals surface area contributed by atoms with Crippen LogP contribution in [0.1, 0.15) is 21.5 Å². The Bertz CT molecular complexity index is 1260. The van der Waals surface area contributed by atoms with E-state index in [1.165, 1.54) is 12.1 Å². The summed E-state index contributed by atoms with van der Waals surface area (Å²) in [5, 5.41) is 21.1. The third kappa shape index (κ3) is 4.23. The number of hydrogen-bond acceptors (Lipinski definition) is 2. The Balaban J connectivity index is 1.61. The van der Waals surface area contributed by atoms with E-state index in [1.54, 1.807) is 48.5 Å². The number of halogens is 1. The summed E-state index contributed by atoms with van der Waals surface area (Å²) in [6.07, 6.45) is 4.37. The number of phenols is 1. The minimum Gasteiger partial charge on any atom is -0.508 e. The molecule has 0 aromatic heterocycles.